The van der Waals surface area contributed by atoms with Gasteiger partial charge in [-0.05, 0) is 56.6 Å². The second-order valence-electron chi connectivity index (χ2n) is 8.28. The summed E-state index contributed by atoms with van der Waals surface area (Å²) in [5.74, 6) is 0.958. The first kappa shape index (κ1) is 21.3. The number of carbonyl (C=O) groups excluding carboxylic acids is 3. The Labute approximate surface area is 173 Å². The largest absolute Gasteiger partial charge is 0.356 e. The van der Waals surface area contributed by atoms with Gasteiger partial charge in [-0.15, -0.1) is 0 Å². The molecule has 3 rings (SSSR count). The van der Waals surface area contributed by atoms with Gasteiger partial charge in [0.25, 0.3) is 5.91 Å². The van der Waals surface area contributed by atoms with Crippen LogP contribution in [0, 0.1) is 12.8 Å². The number of carbonyl (C=O) groups is 3. The minimum Gasteiger partial charge on any atom is -0.356 e. The van der Waals surface area contributed by atoms with Gasteiger partial charge in [-0.1, -0.05) is 18.2 Å². The quantitative estimate of drug-likeness (QED) is 0.684. The molecule has 0 bridgehead atoms. The van der Waals surface area contributed by atoms with E-state index >= 15 is 0 Å². The van der Waals surface area contributed by atoms with Crippen molar-refractivity contribution in [2.45, 2.75) is 51.9 Å². The Morgan fingerprint density at radius 1 is 1.14 bits per heavy atom. The van der Waals surface area contributed by atoms with Crippen LogP contribution in [0.15, 0.2) is 24.3 Å². The van der Waals surface area contributed by atoms with E-state index < -0.39 is 0 Å². The third-order valence-corrected chi connectivity index (χ3v) is 6.16. The van der Waals surface area contributed by atoms with Crippen molar-refractivity contribution in [3.05, 3.63) is 35.4 Å². The lowest BCUT2D eigenvalue weighted by molar-refractivity contribution is -0.127. The van der Waals surface area contributed by atoms with Gasteiger partial charge < -0.3 is 15.1 Å². The lowest BCUT2D eigenvalue weighted by atomic mass is 9.91. The van der Waals surface area contributed by atoms with Gasteiger partial charge >= 0.3 is 0 Å². The summed E-state index contributed by atoms with van der Waals surface area (Å²) < 4.78 is 0. The van der Waals surface area contributed by atoms with Gasteiger partial charge in [0.15, 0.2) is 0 Å². The lowest BCUT2D eigenvalue weighted by Gasteiger charge is -2.32. The van der Waals surface area contributed by atoms with E-state index in [0.29, 0.717) is 25.3 Å². The monoisotopic (exact) mass is 399 g/mol. The van der Waals surface area contributed by atoms with Crippen LogP contribution in [0.1, 0.15) is 60.9 Å². The van der Waals surface area contributed by atoms with Gasteiger partial charge in [-0.25, -0.2) is 0 Å². The van der Waals surface area contributed by atoms with Crippen LogP contribution in [-0.4, -0.2) is 60.2 Å². The van der Waals surface area contributed by atoms with E-state index in [-0.39, 0.29) is 17.7 Å². The van der Waals surface area contributed by atoms with Gasteiger partial charge in [0.2, 0.25) is 11.8 Å². The van der Waals surface area contributed by atoms with Crippen LogP contribution in [0.25, 0.3) is 0 Å². The van der Waals surface area contributed by atoms with Gasteiger partial charge in [0.05, 0.1) is 0 Å². The fraction of sp³-hybridized carbons (Fsp3) is 0.609. The molecule has 6 heteroatoms. The molecular weight excluding hydrogens is 366 g/mol. The third-order valence-electron chi connectivity index (χ3n) is 6.16. The molecule has 2 heterocycles. The minimum atomic E-state index is 0.0937. The van der Waals surface area contributed by atoms with Crippen LogP contribution in [-0.2, 0) is 9.59 Å². The number of nitrogens with zero attached hydrogens (tertiary/aromatic N) is 2. The highest BCUT2D eigenvalue weighted by atomic mass is 16.2. The van der Waals surface area contributed by atoms with Crippen molar-refractivity contribution in [2.24, 2.45) is 5.92 Å². The van der Waals surface area contributed by atoms with E-state index in [1.807, 2.05) is 41.0 Å². The van der Waals surface area contributed by atoms with Crippen molar-refractivity contribution in [1.82, 2.24) is 15.1 Å². The molecule has 2 aliphatic heterocycles. The average Bonchev–Trinajstić information content (AvgIpc) is 3.14. The first-order valence-electron chi connectivity index (χ1n) is 10.9. The Morgan fingerprint density at radius 3 is 2.59 bits per heavy atom. The van der Waals surface area contributed by atoms with Gasteiger partial charge in [-0.2, -0.15) is 0 Å². The molecule has 2 saturated heterocycles. The van der Waals surface area contributed by atoms with Crippen LogP contribution >= 0.6 is 0 Å². The maximum absolute atomic E-state index is 12.7. The highest BCUT2D eigenvalue weighted by molar-refractivity contribution is 5.95. The standard InChI is InChI=1S/C23H33N3O3/c1-18-6-2-3-7-20(18)23(29)26-16-11-19(12-17-26)9-10-21(27)24-13-5-15-25-14-4-8-22(25)28/h2-3,6-7,19H,4-5,8-17H2,1H3,(H,24,27). The molecule has 0 radical (unpaired) electrons. The van der Waals surface area contributed by atoms with E-state index in [0.717, 1.165) is 69.4 Å². The summed E-state index contributed by atoms with van der Waals surface area (Å²) in [6, 6.07) is 7.74. The molecule has 1 aromatic rings. The highest BCUT2D eigenvalue weighted by Gasteiger charge is 2.24. The predicted octanol–water partition coefficient (Wildman–Crippen LogP) is 2.76. The van der Waals surface area contributed by atoms with Crippen LogP contribution in [0.4, 0.5) is 0 Å². The van der Waals surface area contributed by atoms with Gasteiger partial charge in [0.1, 0.15) is 0 Å². The normalized spacial score (nSPS) is 17.6. The molecule has 2 aliphatic rings. The Morgan fingerprint density at radius 2 is 1.90 bits per heavy atom. The van der Waals surface area contributed by atoms with Crippen molar-refractivity contribution in [2.75, 3.05) is 32.7 Å². The molecule has 0 aromatic heterocycles. The fourth-order valence-corrected chi connectivity index (χ4v) is 4.27. The van der Waals surface area contributed by atoms with Crippen molar-refractivity contribution < 1.29 is 14.4 Å². The molecule has 0 spiro atoms. The van der Waals surface area contributed by atoms with E-state index in [9.17, 15) is 14.4 Å². The van der Waals surface area contributed by atoms with Crippen molar-refractivity contribution in [1.29, 1.82) is 0 Å². The van der Waals surface area contributed by atoms with E-state index in [1.54, 1.807) is 0 Å². The maximum Gasteiger partial charge on any atom is 0.254 e. The molecule has 158 valence electrons. The van der Waals surface area contributed by atoms with Crippen LogP contribution in [0.2, 0.25) is 0 Å². The average molecular weight is 400 g/mol. The number of hydrogen-bond donors (Lipinski definition) is 1. The minimum absolute atomic E-state index is 0.0937. The first-order valence-corrected chi connectivity index (χ1v) is 10.9. The third kappa shape index (κ3) is 6.05. The van der Waals surface area contributed by atoms with E-state index in [4.69, 9.17) is 0 Å². The zero-order valence-electron chi connectivity index (χ0n) is 17.5. The molecule has 29 heavy (non-hydrogen) atoms. The van der Waals surface area contributed by atoms with Gasteiger partial charge in [0, 0.05) is 51.1 Å². The Hall–Kier alpha value is -2.37. The molecular formula is C23H33N3O3. The number of benzene rings is 1. The molecule has 6 nitrogen and oxygen atoms in total. The van der Waals surface area contributed by atoms with Crippen molar-refractivity contribution in [3.63, 3.8) is 0 Å². The summed E-state index contributed by atoms with van der Waals surface area (Å²) in [7, 11) is 0. The molecule has 3 amide bonds. The number of likely N-dealkylation sites (tertiary alicyclic amines) is 2. The molecule has 0 aliphatic carbocycles. The predicted molar refractivity (Wildman–Crippen MR) is 112 cm³/mol. The van der Waals surface area contributed by atoms with Crippen LogP contribution < -0.4 is 5.32 Å². The van der Waals surface area contributed by atoms with Crippen LogP contribution in [0.3, 0.4) is 0 Å². The molecule has 0 saturated carbocycles. The smallest absolute Gasteiger partial charge is 0.254 e. The number of piperidine rings is 1. The highest BCUT2D eigenvalue weighted by Crippen LogP contribution is 2.23. The second kappa shape index (κ2) is 10.4. The lowest BCUT2D eigenvalue weighted by Crippen LogP contribution is -2.39. The number of rotatable bonds is 8. The molecule has 0 atom stereocenters. The van der Waals surface area contributed by atoms with E-state index in [1.165, 1.54) is 0 Å². The zero-order valence-corrected chi connectivity index (χ0v) is 17.5. The first-order chi connectivity index (χ1) is 14.0. The number of hydrogen-bond acceptors (Lipinski definition) is 3. The Kier molecular flexibility index (Phi) is 7.67. The zero-order chi connectivity index (χ0) is 20.6. The topological polar surface area (TPSA) is 69.7 Å². The Bertz CT molecular complexity index is 726. The van der Waals surface area contributed by atoms with Gasteiger partial charge in [-0.3, -0.25) is 14.4 Å². The number of nitrogens with one attached hydrogen (secondary N) is 1. The number of aryl methyl sites for hydroxylation is 1. The summed E-state index contributed by atoms with van der Waals surface area (Å²) in [6.07, 6.45) is 5.78. The summed E-state index contributed by atoms with van der Waals surface area (Å²) in [5, 5.41) is 2.97. The summed E-state index contributed by atoms with van der Waals surface area (Å²) in [5.41, 5.74) is 1.81. The summed E-state index contributed by atoms with van der Waals surface area (Å²) in [6.45, 7) is 5.74. The van der Waals surface area contributed by atoms with Crippen LogP contribution in [0.5, 0.6) is 0 Å². The molecule has 0 unspecified atom stereocenters. The van der Waals surface area contributed by atoms with Crippen molar-refractivity contribution >= 4 is 17.7 Å². The SMILES string of the molecule is Cc1ccccc1C(=O)N1CCC(CCC(=O)NCCCN2CCCC2=O)CC1. The molecule has 1 aromatic carbocycles. The second-order valence-corrected chi connectivity index (χ2v) is 8.28. The molecule has 1 N–H and O–H groups in total. The summed E-state index contributed by atoms with van der Waals surface area (Å²) in [4.78, 5) is 40.2. The van der Waals surface area contributed by atoms with E-state index in [2.05, 4.69) is 5.32 Å². The molecule has 2 fully saturated rings. The summed E-state index contributed by atoms with van der Waals surface area (Å²) >= 11 is 0. The fourth-order valence-electron chi connectivity index (χ4n) is 4.27. The Balaban J connectivity index is 1.29. The van der Waals surface area contributed by atoms with Crippen molar-refractivity contribution in [3.8, 4) is 0 Å². The number of amides is 3. The maximum atomic E-state index is 12.7.